The predicted molar refractivity (Wildman–Crippen MR) is 117 cm³/mol. The summed E-state index contributed by atoms with van der Waals surface area (Å²) < 4.78 is 11.1. The quantitative estimate of drug-likeness (QED) is 0.463. The van der Waals surface area contributed by atoms with Crippen molar-refractivity contribution < 1.29 is 23.8 Å². The van der Waals surface area contributed by atoms with Gasteiger partial charge in [-0.3, -0.25) is 9.59 Å². The minimum Gasteiger partial charge on any atom is -0.503 e. The standard InChI is InChI=1S/C24H28N2O5/c1-5-14-30-18-9-6-8-17(15-18)21-20(22(27)19-11-10-16(2)31-19)23(28)24(29)26(21)13-7-12-25(3)4/h5-6,8-11,15,21,28H,1,7,12-14H2,2-4H3/t21-/m0/s1. The molecule has 1 atom stereocenters. The van der Waals surface area contributed by atoms with Crippen molar-refractivity contribution in [2.45, 2.75) is 19.4 Å². The molecule has 164 valence electrons. The van der Waals surface area contributed by atoms with Crippen LogP contribution in [0.1, 0.15) is 34.3 Å². The third kappa shape index (κ3) is 4.88. The fourth-order valence-corrected chi connectivity index (χ4v) is 3.64. The molecule has 0 saturated carbocycles. The number of carbonyl (C=O) groups is 2. The number of ketones is 1. The molecule has 1 amide bonds. The van der Waals surface area contributed by atoms with Crippen LogP contribution in [-0.4, -0.2) is 60.4 Å². The van der Waals surface area contributed by atoms with E-state index < -0.39 is 23.5 Å². The number of aliphatic hydroxyl groups excluding tert-OH is 1. The second-order valence-corrected chi connectivity index (χ2v) is 7.73. The summed E-state index contributed by atoms with van der Waals surface area (Å²) in [4.78, 5) is 29.7. The van der Waals surface area contributed by atoms with Gasteiger partial charge in [-0.1, -0.05) is 24.8 Å². The number of Topliss-reactive ketones (excluding diaryl/α,β-unsaturated/α-hetero) is 1. The third-order valence-electron chi connectivity index (χ3n) is 5.06. The molecular formula is C24H28N2O5. The number of rotatable bonds is 10. The molecule has 1 aromatic carbocycles. The maximum atomic E-state index is 13.2. The molecule has 3 rings (SSSR count). The molecular weight excluding hydrogens is 396 g/mol. The Balaban J connectivity index is 2.01. The van der Waals surface area contributed by atoms with Crippen molar-refractivity contribution in [3.8, 4) is 5.75 Å². The number of benzene rings is 1. The van der Waals surface area contributed by atoms with E-state index in [0.717, 1.165) is 6.54 Å². The van der Waals surface area contributed by atoms with Crippen LogP contribution >= 0.6 is 0 Å². The molecule has 0 saturated heterocycles. The van der Waals surface area contributed by atoms with E-state index in [0.29, 0.717) is 36.6 Å². The van der Waals surface area contributed by atoms with Gasteiger partial charge in [0.2, 0.25) is 5.78 Å². The van der Waals surface area contributed by atoms with Gasteiger partial charge < -0.3 is 24.1 Å². The highest BCUT2D eigenvalue weighted by Gasteiger charge is 2.44. The monoisotopic (exact) mass is 424 g/mol. The first-order valence-electron chi connectivity index (χ1n) is 10.2. The van der Waals surface area contributed by atoms with Crippen molar-refractivity contribution in [1.82, 2.24) is 9.80 Å². The topological polar surface area (TPSA) is 83.2 Å². The molecule has 1 aromatic heterocycles. The number of hydrogen-bond acceptors (Lipinski definition) is 6. The van der Waals surface area contributed by atoms with E-state index in [1.807, 2.05) is 25.1 Å². The summed E-state index contributed by atoms with van der Waals surface area (Å²) in [6, 6.07) is 9.68. The van der Waals surface area contributed by atoms with Crippen LogP contribution in [0, 0.1) is 6.92 Å². The molecule has 31 heavy (non-hydrogen) atoms. The predicted octanol–water partition coefficient (Wildman–Crippen LogP) is 3.68. The number of hydrogen-bond donors (Lipinski definition) is 1. The molecule has 1 aliphatic heterocycles. The summed E-state index contributed by atoms with van der Waals surface area (Å²) >= 11 is 0. The summed E-state index contributed by atoms with van der Waals surface area (Å²) in [6.45, 7) is 6.86. The van der Waals surface area contributed by atoms with Crippen molar-refractivity contribution in [3.05, 3.63) is 77.5 Å². The number of aliphatic hydroxyl groups is 1. The lowest BCUT2D eigenvalue weighted by atomic mass is 9.95. The Morgan fingerprint density at radius 3 is 2.74 bits per heavy atom. The van der Waals surface area contributed by atoms with Gasteiger partial charge in [-0.2, -0.15) is 0 Å². The zero-order chi connectivity index (χ0) is 22.5. The van der Waals surface area contributed by atoms with Crippen LogP contribution in [0.2, 0.25) is 0 Å². The summed E-state index contributed by atoms with van der Waals surface area (Å²) in [5.41, 5.74) is 0.695. The average Bonchev–Trinajstić information content (AvgIpc) is 3.28. The fraction of sp³-hybridized carbons (Fsp3) is 0.333. The normalized spacial score (nSPS) is 16.3. The zero-order valence-electron chi connectivity index (χ0n) is 18.1. The van der Waals surface area contributed by atoms with E-state index in [4.69, 9.17) is 9.15 Å². The minimum atomic E-state index is -0.736. The average molecular weight is 424 g/mol. The van der Waals surface area contributed by atoms with Crippen LogP contribution in [0.4, 0.5) is 0 Å². The van der Waals surface area contributed by atoms with E-state index in [-0.39, 0.29) is 11.3 Å². The minimum absolute atomic E-state index is 0.0186. The first-order chi connectivity index (χ1) is 14.8. The summed E-state index contributed by atoms with van der Waals surface area (Å²) in [5, 5.41) is 10.7. The Hall–Kier alpha value is -3.32. The summed E-state index contributed by atoms with van der Waals surface area (Å²) in [6.07, 6.45) is 2.33. The van der Waals surface area contributed by atoms with Crippen LogP contribution in [-0.2, 0) is 4.79 Å². The van der Waals surface area contributed by atoms with Gasteiger partial charge in [0.25, 0.3) is 5.91 Å². The molecule has 2 heterocycles. The fourth-order valence-electron chi connectivity index (χ4n) is 3.64. The lowest BCUT2D eigenvalue weighted by Gasteiger charge is -2.27. The van der Waals surface area contributed by atoms with Gasteiger partial charge in [0.1, 0.15) is 18.1 Å². The highest BCUT2D eigenvalue weighted by Crippen LogP contribution is 2.40. The molecule has 2 aromatic rings. The Labute approximate surface area is 182 Å². The van der Waals surface area contributed by atoms with Crippen molar-refractivity contribution in [3.63, 3.8) is 0 Å². The van der Waals surface area contributed by atoms with Crippen molar-refractivity contribution >= 4 is 11.7 Å². The molecule has 0 spiro atoms. The largest absolute Gasteiger partial charge is 0.503 e. The van der Waals surface area contributed by atoms with Gasteiger partial charge in [-0.05, 0) is 63.8 Å². The number of amides is 1. The molecule has 0 unspecified atom stereocenters. The van der Waals surface area contributed by atoms with Gasteiger partial charge >= 0.3 is 0 Å². The maximum absolute atomic E-state index is 13.2. The molecule has 0 radical (unpaired) electrons. The van der Waals surface area contributed by atoms with Gasteiger partial charge in [0.15, 0.2) is 11.5 Å². The first kappa shape index (κ1) is 22.4. The van der Waals surface area contributed by atoms with E-state index in [9.17, 15) is 14.7 Å². The highest BCUT2D eigenvalue weighted by atomic mass is 16.5. The van der Waals surface area contributed by atoms with Crippen LogP contribution in [0.25, 0.3) is 0 Å². The maximum Gasteiger partial charge on any atom is 0.290 e. The molecule has 7 nitrogen and oxygen atoms in total. The van der Waals surface area contributed by atoms with Gasteiger partial charge in [0, 0.05) is 6.54 Å². The summed E-state index contributed by atoms with van der Waals surface area (Å²) in [7, 11) is 3.90. The Kier molecular flexibility index (Phi) is 6.97. The number of ether oxygens (including phenoxy) is 1. The van der Waals surface area contributed by atoms with Crippen LogP contribution in [0.15, 0.2) is 64.8 Å². The van der Waals surface area contributed by atoms with Crippen LogP contribution in [0.5, 0.6) is 5.75 Å². The Morgan fingerprint density at radius 2 is 2.10 bits per heavy atom. The van der Waals surface area contributed by atoms with Crippen molar-refractivity contribution in [2.75, 3.05) is 33.8 Å². The molecule has 1 N–H and O–H groups in total. The number of nitrogens with zero attached hydrogens (tertiary/aromatic N) is 2. The SMILES string of the molecule is C=CCOc1cccc([C@H]2C(C(=O)c3ccc(C)o3)=C(O)C(=O)N2CCCN(C)C)c1. The van der Waals surface area contributed by atoms with Crippen LogP contribution in [0.3, 0.4) is 0 Å². The number of aryl methyl sites for hydroxylation is 1. The Morgan fingerprint density at radius 1 is 1.32 bits per heavy atom. The van der Waals surface area contributed by atoms with Crippen molar-refractivity contribution in [2.24, 2.45) is 0 Å². The lowest BCUT2D eigenvalue weighted by molar-refractivity contribution is -0.129. The highest BCUT2D eigenvalue weighted by molar-refractivity contribution is 6.15. The number of furan rings is 1. The molecule has 7 heteroatoms. The molecule has 0 fully saturated rings. The lowest BCUT2D eigenvalue weighted by Crippen LogP contribution is -2.33. The second kappa shape index (κ2) is 9.66. The number of carbonyl (C=O) groups excluding carboxylic acids is 2. The Bertz CT molecular complexity index is 1000. The van der Waals surface area contributed by atoms with Gasteiger partial charge in [-0.25, -0.2) is 0 Å². The zero-order valence-corrected chi connectivity index (χ0v) is 18.1. The van der Waals surface area contributed by atoms with E-state index >= 15 is 0 Å². The second-order valence-electron chi connectivity index (χ2n) is 7.73. The van der Waals surface area contributed by atoms with Gasteiger partial charge in [-0.15, -0.1) is 0 Å². The van der Waals surface area contributed by atoms with E-state index in [1.54, 1.807) is 43.3 Å². The molecule has 1 aliphatic rings. The smallest absolute Gasteiger partial charge is 0.290 e. The third-order valence-corrected chi connectivity index (χ3v) is 5.06. The van der Waals surface area contributed by atoms with Gasteiger partial charge in [0.05, 0.1) is 11.6 Å². The molecule has 0 bridgehead atoms. The molecule has 0 aliphatic carbocycles. The van der Waals surface area contributed by atoms with E-state index in [2.05, 4.69) is 6.58 Å². The van der Waals surface area contributed by atoms with Crippen LogP contribution < -0.4 is 4.74 Å². The summed E-state index contributed by atoms with van der Waals surface area (Å²) in [5.74, 6) is -0.348. The van der Waals surface area contributed by atoms with E-state index in [1.165, 1.54) is 4.90 Å². The first-order valence-corrected chi connectivity index (χ1v) is 10.2. The van der Waals surface area contributed by atoms with Crippen molar-refractivity contribution in [1.29, 1.82) is 0 Å².